The molecule has 1 aromatic heterocycles. The molecule has 3 rings (SSSR count). The summed E-state index contributed by atoms with van der Waals surface area (Å²) in [6, 6.07) is 21.0. The van der Waals surface area contributed by atoms with Crippen LogP contribution in [0.4, 0.5) is 0 Å². The molecule has 1 N–H and O–H groups in total. The summed E-state index contributed by atoms with van der Waals surface area (Å²) in [6.07, 6.45) is 4.55. The van der Waals surface area contributed by atoms with Crippen molar-refractivity contribution in [3.05, 3.63) is 71.9 Å². The van der Waals surface area contributed by atoms with Crippen LogP contribution in [0, 0.1) is 0 Å². The maximum Gasteiger partial charge on any atom is 0.0975 e. The molecule has 3 heteroatoms. The molecule has 136 valence electrons. The Kier molecular flexibility index (Phi) is 6.62. The summed E-state index contributed by atoms with van der Waals surface area (Å²) >= 11 is 0. The first-order valence-electron chi connectivity index (χ1n) is 9.77. The van der Waals surface area contributed by atoms with Crippen LogP contribution in [0.15, 0.2) is 60.7 Å². The number of hydrogen-bond donors (Lipinski definition) is 1. The second-order valence-corrected chi connectivity index (χ2v) is 6.67. The van der Waals surface area contributed by atoms with Crippen LogP contribution in [0.2, 0.25) is 0 Å². The minimum atomic E-state index is 0.867. The van der Waals surface area contributed by atoms with E-state index in [1.54, 1.807) is 0 Å². The van der Waals surface area contributed by atoms with E-state index in [2.05, 4.69) is 84.5 Å². The SMILES string of the molecule is CCCCNCc1c(-c2ccccc2)nn(-c2ccccc2)c1CCC. The van der Waals surface area contributed by atoms with E-state index in [0.29, 0.717) is 0 Å². The highest BCUT2D eigenvalue weighted by Gasteiger charge is 2.19. The van der Waals surface area contributed by atoms with E-state index in [1.165, 1.54) is 29.7 Å². The van der Waals surface area contributed by atoms with E-state index in [9.17, 15) is 0 Å². The quantitative estimate of drug-likeness (QED) is 0.527. The smallest absolute Gasteiger partial charge is 0.0975 e. The number of rotatable bonds is 9. The van der Waals surface area contributed by atoms with Crippen LogP contribution >= 0.6 is 0 Å². The van der Waals surface area contributed by atoms with Crippen molar-refractivity contribution >= 4 is 0 Å². The summed E-state index contributed by atoms with van der Waals surface area (Å²) in [5, 5.41) is 8.67. The topological polar surface area (TPSA) is 29.9 Å². The fourth-order valence-corrected chi connectivity index (χ4v) is 3.29. The largest absolute Gasteiger partial charge is 0.313 e. The Bertz CT molecular complexity index is 791. The normalized spacial score (nSPS) is 11.0. The van der Waals surface area contributed by atoms with Gasteiger partial charge >= 0.3 is 0 Å². The Morgan fingerprint density at radius 2 is 1.58 bits per heavy atom. The third kappa shape index (κ3) is 4.23. The van der Waals surface area contributed by atoms with Crippen molar-refractivity contribution in [1.82, 2.24) is 15.1 Å². The molecule has 0 aliphatic carbocycles. The van der Waals surface area contributed by atoms with E-state index in [-0.39, 0.29) is 0 Å². The van der Waals surface area contributed by atoms with Crippen LogP contribution in [-0.2, 0) is 13.0 Å². The van der Waals surface area contributed by atoms with Crippen LogP contribution in [0.5, 0.6) is 0 Å². The zero-order chi connectivity index (χ0) is 18.2. The van der Waals surface area contributed by atoms with Gasteiger partial charge in [-0.2, -0.15) is 5.10 Å². The van der Waals surface area contributed by atoms with E-state index in [0.717, 1.165) is 37.3 Å². The number of unbranched alkanes of at least 4 members (excludes halogenated alkanes) is 1. The summed E-state index contributed by atoms with van der Waals surface area (Å²) in [6.45, 7) is 6.38. The molecular weight excluding hydrogens is 318 g/mol. The molecule has 26 heavy (non-hydrogen) atoms. The maximum atomic E-state index is 5.04. The Hall–Kier alpha value is -2.39. The van der Waals surface area contributed by atoms with Gasteiger partial charge in [0, 0.05) is 23.4 Å². The van der Waals surface area contributed by atoms with Crippen molar-refractivity contribution in [3.63, 3.8) is 0 Å². The molecule has 0 spiro atoms. The van der Waals surface area contributed by atoms with Gasteiger partial charge in [0.2, 0.25) is 0 Å². The van der Waals surface area contributed by atoms with Crippen molar-refractivity contribution in [2.45, 2.75) is 46.1 Å². The van der Waals surface area contributed by atoms with E-state index >= 15 is 0 Å². The minimum absolute atomic E-state index is 0.867. The number of aromatic nitrogens is 2. The monoisotopic (exact) mass is 347 g/mol. The first-order chi connectivity index (χ1) is 12.8. The Labute approximate surface area is 157 Å². The zero-order valence-corrected chi connectivity index (χ0v) is 15.9. The number of nitrogens with one attached hydrogen (secondary N) is 1. The molecular formula is C23H29N3. The Morgan fingerprint density at radius 3 is 2.23 bits per heavy atom. The molecule has 0 aliphatic rings. The third-order valence-electron chi connectivity index (χ3n) is 4.63. The van der Waals surface area contributed by atoms with E-state index in [4.69, 9.17) is 5.10 Å². The van der Waals surface area contributed by atoms with Gasteiger partial charge in [-0.05, 0) is 31.5 Å². The number of benzene rings is 2. The zero-order valence-electron chi connectivity index (χ0n) is 15.9. The first kappa shape index (κ1) is 18.4. The molecule has 0 fully saturated rings. The lowest BCUT2D eigenvalue weighted by molar-refractivity contribution is 0.636. The standard InChI is InChI=1S/C23H29N3/c1-3-5-17-24-18-21-22(12-4-2)26(20-15-10-7-11-16-20)25-23(21)19-13-8-6-9-14-19/h6-11,13-16,24H,3-5,12,17-18H2,1-2H3. The number of para-hydroxylation sites is 1. The van der Waals surface area contributed by atoms with E-state index < -0.39 is 0 Å². The Morgan fingerprint density at radius 1 is 0.885 bits per heavy atom. The molecule has 2 aromatic carbocycles. The summed E-state index contributed by atoms with van der Waals surface area (Å²) in [5.41, 5.74) is 6.07. The second-order valence-electron chi connectivity index (χ2n) is 6.67. The highest BCUT2D eigenvalue weighted by atomic mass is 15.3. The van der Waals surface area contributed by atoms with Crippen molar-refractivity contribution in [2.24, 2.45) is 0 Å². The van der Waals surface area contributed by atoms with Gasteiger partial charge < -0.3 is 5.32 Å². The molecule has 0 radical (unpaired) electrons. The van der Waals surface area contributed by atoms with Gasteiger partial charge in [0.15, 0.2) is 0 Å². The predicted octanol–water partition coefficient (Wildman–Crippen LogP) is 5.38. The first-order valence-corrected chi connectivity index (χ1v) is 9.77. The molecule has 3 aromatic rings. The van der Waals surface area contributed by atoms with Crippen molar-refractivity contribution in [1.29, 1.82) is 0 Å². The summed E-state index contributed by atoms with van der Waals surface area (Å²) in [4.78, 5) is 0. The number of nitrogens with zero attached hydrogens (tertiary/aromatic N) is 2. The van der Waals surface area contributed by atoms with Gasteiger partial charge in [-0.1, -0.05) is 75.2 Å². The Balaban J connectivity index is 2.06. The minimum Gasteiger partial charge on any atom is -0.313 e. The van der Waals surface area contributed by atoms with Gasteiger partial charge in [0.1, 0.15) is 0 Å². The molecule has 0 unspecified atom stereocenters. The van der Waals surface area contributed by atoms with Crippen molar-refractivity contribution in [2.75, 3.05) is 6.54 Å². The van der Waals surface area contributed by atoms with Crippen LogP contribution in [0.3, 0.4) is 0 Å². The third-order valence-corrected chi connectivity index (χ3v) is 4.63. The van der Waals surface area contributed by atoms with Crippen LogP contribution < -0.4 is 5.32 Å². The fourth-order valence-electron chi connectivity index (χ4n) is 3.29. The molecule has 0 amide bonds. The lowest BCUT2D eigenvalue weighted by atomic mass is 10.0. The van der Waals surface area contributed by atoms with Crippen molar-refractivity contribution in [3.8, 4) is 16.9 Å². The second kappa shape index (κ2) is 9.35. The maximum absolute atomic E-state index is 5.04. The predicted molar refractivity (Wildman–Crippen MR) is 110 cm³/mol. The van der Waals surface area contributed by atoms with Gasteiger partial charge in [-0.3, -0.25) is 0 Å². The highest BCUT2D eigenvalue weighted by Crippen LogP contribution is 2.28. The summed E-state index contributed by atoms with van der Waals surface area (Å²) < 4.78 is 2.14. The summed E-state index contributed by atoms with van der Waals surface area (Å²) in [7, 11) is 0. The highest BCUT2D eigenvalue weighted by molar-refractivity contribution is 5.65. The molecule has 3 nitrogen and oxygen atoms in total. The molecule has 0 saturated carbocycles. The molecule has 0 atom stereocenters. The van der Waals surface area contributed by atoms with Gasteiger partial charge in [0.05, 0.1) is 11.4 Å². The van der Waals surface area contributed by atoms with E-state index in [1.807, 2.05) is 0 Å². The molecule has 1 heterocycles. The average molecular weight is 348 g/mol. The van der Waals surface area contributed by atoms with Gasteiger partial charge in [0.25, 0.3) is 0 Å². The number of hydrogen-bond acceptors (Lipinski definition) is 2. The fraction of sp³-hybridized carbons (Fsp3) is 0.348. The lowest BCUT2D eigenvalue weighted by Crippen LogP contribution is -2.16. The van der Waals surface area contributed by atoms with Crippen LogP contribution in [-0.4, -0.2) is 16.3 Å². The molecule has 0 aliphatic heterocycles. The lowest BCUT2D eigenvalue weighted by Gasteiger charge is -2.10. The van der Waals surface area contributed by atoms with Gasteiger partial charge in [-0.25, -0.2) is 4.68 Å². The summed E-state index contributed by atoms with van der Waals surface area (Å²) in [5.74, 6) is 0. The van der Waals surface area contributed by atoms with Crippen molar-refractivity contribution < 1.29 is 0 Å². The van der Waals surface area contributed by atoms with Crippen LogP contribution in [0.25, 0.3) is 16.9 Å². The van der Waals surface area contributed by atoms with Crippen LogP contribution in [0.1, 0.15) is 44.4 Å². The molecule has 0 saturated heterocycles. The molecule has 0 bridgehead atoms. The van der Waals surface area contributed by atoms with Gasteiger partial charge in [-0.15, -0.1) is 0 Å². The average Bonchev–Trinajstić information content (AvgIpc) is 3.05.